The summed E-state index contributed by atoms with van der Waals surface area (Å²) in [6.45, 7) is 5.11. The summed E-state index contributed by atoms with van der Waals surface area (Å²) in [7, 11) is 1.46. The predicted octanol–water partition coefficient (Wildman–Crippen LogP) is 2.11. The van der Waals surface area contributed by atoms with Crippen LogP contribution in [0.15, 0.2) is 0 Å². The highest BCUT2D eigenvalue weighted by atomic mass is 16.5. The second-order valence-corrected chi connectivity index (χ2v) is 4.84. The van der Waals surface area contributed by atoms with Crippen molar-refractivity contribution < 1.29 is 9.53 Å². The average Bonchev–Trinajstić information content (AvgIpc) is 2.12. The molecule has 88 valence electrons. The first-order valence-electron chi connectivity index (χ1n) is 5.91. The first-order chi connectivity index (χ1) is 7.09. The number of hydrogen-bond donors (Lipinski definition) is 1. The summed E-state index contributed by atoms with van der Waals surface area (Å²) in [5.41, 5.74) is -0.0765. The minimum absolute atomic E-state index is 0.0765. The Hall–Kier alpha value is -0.570. The highest BCUT2D eigenvalue weighted by Gasteiger charge is 2.32. The van der Waals surface area contributed by atoms with Crippen LogP contribution >= 0.6 is 0 Å². The molecule has 1 N–H and O–H groups in total. The highest BCUT2D eigenvalue weighted by Crippen LogP contribution is 2.34. The van der Waals surface area contributed by atoms with Gasteiger partial charge in [-0.05, 0) is 25.8 Å². The van der Waals surface area contributed by atoms with E-state index in [4.69, 9.17) is 4.74 Å². The van der Waals surface area contributed by atoms with E-state index in [0.29, 0.717) is 6.42 Å². The van der Waals surface area contributed by atoms with Crippen LogP contribution in [-0.2, 0) is 9.53 Å². The maximum absolute atomic E-state index is 11.3. The van der Waals surface area contributed by atoms with Crippen molar-refractivity contribution >= 4 is 5.97 Å². The lowest BCUT2D eigenvalue weighted by Crippen LogP contribution is -2.46. The minimum Gasteiger partial charge on any atom is -0.469 e. The standard InChI is InChI=1S/C12H23NO2/c1-4-13-12(2,9-11(14)15-3)8-10-6-5-7-10/h10,13H,4-9H2,1-3H3. The zero-order chi connectivity index (χ0) is 11.3. The molecule has 0 radical (unpaired) electrons. The molecule has 1 atom stereocenters. The Balaban J connectivity index is 2.46. The molecule has 0 spiro atoms. The lowest BCUT2D eigenvalue weighted by molar-refractivity contribution is -0.142. The van der Waals surface area contributed by atoms with Gasteiger partial charge in [0, 0.05) is 5.54 Å². The molecule has 1 unspecified atom stereocenters. The van der Waals surface area contributed by atoms with Crippen molar-refractivity contribution in [3.63, 3.8) is 0 Å². The highest BCUT2D eigenvalue weighted by molar-refractivity contribution is 5.70. The third-order valence-corrected chi connectivity index (χ3v) is 3.33. The van der Waals surface area contributed by atoms with Crippen LogP contribution in [0, 0.1) is 5.92 Å². The van der Waals surface area contributed by atoms with E-state index in [1.807, 2.05) is 0 Å². The van der Waals surface area contributed by atoms with Crippen molar-refractivity contribution in [3.05, 3.63) is 0 Å². The number of carbonyl (C=O) groups excluding carboxylic acids is 1. The fourth-order valence-electron chi connectivity index (χ4n) is 2.36. The van der Waals surface area contributed by atoms with E-state index in [2.05, 4.69) is 19.2 Å². The van der Waals surface area contributed by atoms with Crippen molar-refractivity contribution in [2.75, 3.05) is 13.7 Å². The smallest absolute Gasteiger partial charge is 0.307 e. The fourth-order valence-corrected chi connectivity index (χ4v) is 2.36. The fraction of sp³-hybridized carbons (Fsp3) is 0.917. The van der Waals surface area contributed by atoms with Crippen LogP contribution in [0.4, 0.5) is 0 Å². The quantitative estimate of drug-likeness (QED) is 0.687. The Bertz CT molecular complexity index is 214. The number of ether oxygens (including phenoxy) is 1. The maximum Gasteiger partial charge on any atom is 0.307 e. The Kier molecular flexibility index (Phi) is 4.58. The number of rotatable bonds is 6. The second kappa shape index (κ2) is 5.50. The molecule has 0 aromatic rings. The van der Waals surface area contributed by atoms with E-state index in [9.17, 15) is 4.79 Å². The number of carbonyl (C=O) groups is 1. The van der Waals surface area contributed by atoms with E-state index in [0.717, 1.165) is 18.9 Å². The molecule has 0 aromatic carbocycles. The Labute approximate surface area is 92.6 Å². The van der Waals surface area contributed by atoms with Gasteiger partial charge < -0.3 is 10.1 Å². The normalized spacial score (nSPS) is 20.5. The lowest BCUT2D eigenvalue weighted by atomic mass is 9.75. The number of esters is 1. The summed E-state index contributed by atoms with van der Waals surface area (Å²) < 4.78 is 4.75. The molecule has 1 aliphatic carbocycles. The topological polar surface area (TPSA) is 38.3 Å². The van der Waals surface area contributed by atoms with Gasteiger partial charge in [-0.25, -0.2) is 0 Å². The molecule has 0 amide bonds. The van der Waals surface area contributed by atoms with E-state index >= 15 is 0 Å². The summed E-state index contributed by atoms with van der Waals surface area (Å²) in [6, 6.07) is 0. The zero-order valence-electron chi connectivity index (χ0n) is 10.1. The molecule has 3 heteroatoms. The molecule has 3 nitrogen and oxygen atoms in total. The van der Waals surface area contributed by atoms with Crippen LogP contribution in [0.25, 0.3) is 0 Å². The van der Waals surface area contributed by atoms with Crippen molar-refractivity contribution in [2.45, 2.75) is 51.5 Å². The lowest BCUT2D eigenvalue weighted by Gasteiger charge is -2.37. The Morgan fingerprint density at radius 2 is 2.20 bits per heavy atom. The molecule has 0 heterocycles. The van der Waals surface area contributed by atoms with Crippen molar-refractivity contribution in [1.82, 2.24) is 5.32 Å². The SMILES string of the molecule is CCNC(C)(CC(=O)OC)CC1CCC1. The van der Waals surface area contributed by atoms with Crippen LogP contribution in [0.3, 0.4) is 0 Å². The van der Waals surface area contributed by atoms with Crippen LogP contribution in [0.1, 0.15) is 46.0 Å². The van der Waals surface area contributed by atoms with Crippen molar-refractivity contribution in [1.29, 1.82) is 0 Å². The molecule has 0 bridgehead atoms. The average molecular weight is 213 g/mol. The molecule has 0 aromatic heterocycles. The zero-order valence-corrected chi connectivity index (χ0v) is 10.1. The van der Waals surface area contributed by atoms with Gasteiger partial charge in [0.15, 0.2) is 0 Å². The largest absolute Gasteiger partial charge is 0.469 e. The molecule has 1 fully saturated rings. The predicted molar refractivity (Wildman–Crippen MR) is 60.7 cm³/mol. The summed E-state index contributed by atoms with van der Waals surface area (Å²) in [4.78, 5) is 11.3. The number of nitrogens with one attached hydrogen (secondary N) is 1. The van der Waals surface area contributed by atoms with Crippen LogP contribution in [0.5, 0.6) is 0 Å². The van der Waals surface area contributed by atoms with Gasteiger partial charge in [-0.3, -0.25) is 4.79 Å². The van der Waals surface area contributed by atoms with Gasteiger partial charge in [0.2, 0.25) is 0 Å². The summed E-state index contributed by atoms with van der Waals surface area (Å²) in [6.07, 6.45) is 5.57. The number of hydrogen-bond acceptors (Lipinski definition) is 3. The summed E-state index contributed by atoms with van der Waals surface area (Å²) in [5.74, 6) is 0.691. The van der Waals surface area contributed by atoms with Gasteiger partial charge in [-0.2, -0.15) is 0 Å². The van der Waals surface area contributed by atoms with Gasteiger partial charge in [-0.1, -0.05) is 26.2 Å². The second-order valence-electron chi connectivity index (χ2n) is 4.84. The van der Waals surface area contributed by atoms with Gasteiger partial charge in [0.05, 0.1) is 13.5 Å². The van der Waals surface area contributed by atoms with E-state index in [-0.39, 0.29) is 11.5 Å². The minimum atomic E-state index is -0.113. The monoisotopic (exact) mass is 213 g/mol. The molecule has 1 rings (SSSR count). The third kappa shape index (κ3) is 3.82. The maximum atomic E-state index is 11.3. The van der Waals surface area contributed by atoms with Crippen molar-refractivity contribution in [2.24, 2.45) is 5.92 Å². The summed E-state index contributed by atoms with van der Waals surface area (Å²) in [5, 5.41) is 3.42. The van der Waals surface area contributed by atoms with Crippen LogP contribution < -0.4 is 5.32 Å². The van der Waals surface area contributed by atoms with Crippen LogP contribution in [0.2, 0.25) is 0 Å². The Morgan fingerprint density at radius 3 is 2.60 bits per heavy atom. The van der Waals surface area contributed by atoms with E-state index in [1.54, 1.807) is 0 Å². The molecule has 0 saturated heterocycles. The van der Waals surface area contributed by atoms with E-state index in [1.165, 1.54) is 26.4 Å². The molecule has 1 saturated carbocycles. The number of methoxy groups -OCH3 is 1. The van der Waals surface area contributed by atoms with Gasteiger partial charge in [0.25, 0.3) is 0 Å². The first-order valence-corrected chi connectivity index (χ1v) is 5.91. The van der Waals surface area contributed by atoms with Crippen molar-refractivity contribution in [3.8, 4) is 0 Å². The molecule has 0 aliphatic heterocycles. The first kappa shape index (κ1) is 12.5. The molecular weight excluding hydrogens is 190 g/mol. The van der Waals surface area contributed by atoms with Gasteiger partial charge in [-0.15, -0.1) is 0 Å². The summed E-state index contributed by atoms with van der Waals surface area (Å²) >= 11 is 0. The molecular formula is C12H23NO2. The van der Waals surface area contributed by atoms with Crippen LogP contribution in [-0.4, -0.2) is 25.2 Å². The van der Waals surface area contributed by atoms with E-state index < -0.39 is 0 Å². The Morgan fingerprint density at radius 1 is 1.53 bits per heavy atom. The van der Waals surface area contributed by atoms with Gasteiger partial charge in [0.1, 0.15) is 0 Å². The molecule has 1 aliphatic rings. The van der Waals surface area contributed by atoms with Gasteiger partial charge >= 0.3 is 5.97 Å². The molecule has 15 heavy (non-hydrogen) atoms. The third-order valence-electron chi connectivity index (χ3n) is 3.33.